The van der Waals surface area contributed by atoms with Gasteiger partial charge in [0, 0.05) is 11.3 Å². The number of halogens is 2. The fourth-order valence-electron chi connectivity index (χ4n) is 1.86. The molecule has 0 saturated heterocycles. The van der Waals surface area contributed by atoms with Gasteiger partial charge >= 0.3 is 0 Å². The number of nitrogens with one attached hydrogen (secondary N) is 2. The van der Waals surface area contributed by atoms with Crippen molar-refractivity contribution in [2.24, 2.45) is 0 Å². The number of carbonyl (C=O) groups is 2. The lowest BCUT2D eigenvalue weighted by Gasteiger charge is -2.09. The highest BCUT2D eigenvalue weighted by molar-refractivity contribution is 6.33. The summed E-state index contributed by atoms with van der Waals surface area (Å²) >= 11 is 5.78. The molecule has 0 heterocycles. The van der Waals surface area contributed by atoms with Crippen LogP contribution in [-0.4, -0.2) is 18.4 Å². The molecule has 2 N–H and O–H groups in total. The molecular weight excluding hydrogens is 319 g/mol. The van der Waals surface area contributed by atoms with E-state index in [1.54, 1.807) is 24.3 Å². The molecular formula is C17H12ClFN2O2. The Morgan fingerprint density at radius 2 is 1.96 bits per heavy atom. The molecule has 0 aliphatic rings. The lowest BCUT2D eigenvalue weighted by molar-refractivity contribution is -0.115. The molecule has 23 heavy (non-hydrogen) atoms. The monoisotopic (exact) mass is 330 g/mol. The molecule has 0 radical (unpaired) electrons. The van der Waals surface area contributed by atoms with Crippen molar-refractivity contribution in [1.29, 1.82) is 0 Å². The maximum Gasteiger partial charge on any atom is 0.256 e. The van der Waals surface area contributed by atoms with E-state index in [0.29, 0.717) is 11.3 Å². The van der Waals surface area contributed by atoms with E-state index in [-0.39, 0.29) is 17.1 Å². The molecule has 0 fully saturated rings. The minimum atomic E-state index is -0.763. The van der Waals surface area contributed by atoms with Crippen LogP contribution in [0.25, 0.3) is 0 Å². The average molecular weight is 331 g/mol. The summed E-state index contributed by atoms with van der Waals surface area (Å²) in [5.41, 5.74) is 0.824. The number of hydrogen-bond acceptors (Lipinski definition) is 2. The van der Waals surface area contributed by atoms with Gasteiger partial charge in [0.15, 0.2) is 0 Å². The zero-order valence-electron chi connectivity index (χ0n) is 11.9. The number of carbonyl (C=O) groups excluding carboxylic acids is 2. The fraction of sp³-hybridized carbons (Fsp3) is 0.0588. The van der Waals surface area contributed by atoms with Gasteiger partial charge in [-0.25, -0.2) is 4.39 Å². The van der Waals surface area contributed by atoms with E-state index in [0.717, 1.165) is 6.07 Å². The van der Waals surface area contributed by atoms with Crippen molar-refractivity contribution in [1.82, 2.24) is 5.32 Å². The SMILES string of the molecule is C#Cc1cccc(NC(=O)CNC(=O)c2c(F)cccc2Cl)c1. The van der Waals surface area contributed by atoms with E-state index >= 15 is 0 Å². The number of anilines is 1. The topological polar surface area (TPSA) is 58.2 Å². The summed E-state index contributed by atoms with van der Waals surface area (Å²) in [6, 6.07) is 10.6. The number of rotatable bonds is 4. The zero-order valence-corrected chi connectivity index (χ0v) is 12.7. The van der Waals surface area contributed by atoms with Crippen LogP contribution < -0.4 is 10.6 Å². The third-order valence-corrected chi connectivity index (χ3v) is 3.23. The van der Waals surface area contributed by atoms with E-state index in [2.05, 4.69) is 16.6 Å². The van der Waals surface area contributed by atoms with Crippen LogP contribution >= 0.6 is 11.6 Å². The van der Waals surface area contributed by atoms with Crippen LogP contribution in [0.5, 0.6) is 0 Å². The van der Waals surface area contributed by atoms with E-state index in [1.165, 1.54) is 12.1 Å². The van der Waals surface area contributed by atoms with Crippen LogP contribution in [0.15, 0.2) is 42.5 Å². The summed E-state index contributed by atoms with van der Waals surface area (Å²) in [7, 11) is 0. The molecule has 0 spiro atoms. The zero-order chi connectivity index (χ0) is 16.8. The highest BCUT2D eigenvalue weighted by Crippen LogP contribution is 2.18. The molecule has 0 aliphatic carbocycles. The standard InChI is InChI=1S/C17H12ClFN2O2/c1-2-11-5-3-6-12(9-11)21-15(22)10-20-17(23)16-13(18)7-4-8-14(16)19/h1,3-9H,10H2,(H,20,23)(H,21,22). The smallest absolute Gasteiger partial charge is 0.256 e. The van der Waals surface area contributed by atoms with Crippen LogP contribution in [0.2, 0.25) is 5.02 Å². The molecule has 0 unspecified atom stereocenters. The lowest BCUT2D eigenvalue weighted by Crippen LogP contribution is -2.33. The molecule has 0 aliphatic heterocycles. The Kier molecular flexibility index (Phi) is 5.34. The van der Waals surface area contributed by atoms with Gasteiger partial charge in [-0.1, -0.05) is 29.7 Å². The van der Waals surface area contributed by atoms with Gasteiger partial charge in [-0.2, -0.15) is 0 Å². The van der Waals surface area contributed by atoms with Gasteiger partial charge in [0.25, 0.3) is 5.91 Å². The lowest BCUT2D eigenvalue weighted by atomic mass is 10.2. The first-order valence-electron chi connectivity index (χ1n) is 6.60. The van der Waals surface area contributed by atoms with Crippen LogP contribution in [-0.2, 0) is 4.79 Å². The van der Waals surface area contributed by atoms with Gasteiger partial charge < -0.3 is 10.6 Å². The fourth-order valence-corrected chi connectivity index (χ4v) is 2.10. The Balaban J connectivity index is 1.96. The Bertz CT molecular complexity index is 779. The summed E-state index contributed by atoms with van der Waals surface area (Å²) in [4.78, 5) is 23.7. The first-order valence-corrected chi connectivity index (χ1v) is 6.98. The normalized spacial score (nSPS) is 9.78. The van der Waals surface area contributed by atoms with Crippen molar-refractivity contribution >= 4 is 29.1 Å². The Morgan fingerprint density at radius 1 is 1.22 bits per heavy atom. The molecule has 2 rings (SSSR count). The van der Waals surface area contributed by atoms with E-state index in [1.807, 2.05) is 0 Å². The van der Waals surface area contributed by atoms with Gasteiger partial charge in [-0.05, 0) is 30.3 Å². The molecule has 0 saturated carbocycles. The van der Waals surface area contributed by atoms with Gasteiger partial charge in [0.1, 0.15) is 5.82 Å². The van der Waals surface area contributed by atoms with Crippen LogP contribution in [0.1, 0.15) is 15.9 Å². The quantitative estimate of drug-likeness (QED) is 0.847. The van der Waals surface area contributed by atoms with E-state index in [9.17, 15) is 14.0 Å². The number of terminal acetylenes is 1. The number of amides is 2. The van der Waals surface area contributed by atoms with Crippen molar-refractivity contribution < 1.29 is 14.0 Å². The van der Waals surface area contributed by atoms with Gasteiger partial charge in [-0.3, -0.25) is 9.59 Å². The van der Waals surface area contributed by atoms with Crippen molar-refractivity contribution in [2.75, 3.05) is 11.9 Å². The van der Waals surface area contributed by atoms with Crippen LogP contribution in [0, 0.1) is 18.2 Å². The molecule has 2 aromatic rings. The molecule has 0 aromatic heterocycles. The molecule has 2 aromatic carbocycles. The van der Waals surface area contributed by atoms with Crippen molar-refractivity contribution in [3.8, 4) is 12.3 Å². The Morgan fingerprint density at radius 3 is 2.65 bits per heavy atom. The first kappa shape index (κ1) is 16.5. The summed E-state index contributed by atoms with van der Waals surface area (Å²) < 4.78 is 13.6. The van der Waals surface area contributed by atoms with Crippen molar-refractivity contribution in [2.45, 2.75) is 0 Å². The average Bonchev–Trinajstić information content (AvgIpc) is 2.53. The van der Waals surface area contributed by atoms with E-state index < -0.39 is 17.6 Å². The maximum absolute atomic E-state index is 13.6. The molecule has 0 atom stereocenters. The molecule has 2 amide bonds. The minimum absolute atomic E-state index is 0.0235. The van der Waals surface area contributed by atoms with Gasteiger partial charge in [0.2, 0.25) is 5.91 Å². The second-order valence-corrected chi connectivity index (χ2v) is 4.96. The second-order valence-electron chi connectivity index (χ2n) is 4.55. The second kappa shape index (κ2) is 7.43. The largest absolute Gasteiger partial charge is 0.343 e. The van der Waals surface area contributed by atoms with Gasteiger partial charge in [-0.15, -0.1) is 6.42 Å². The minimum Gasteiger partial charge on any atom is -0.343 e. The summed E-state index contributed by atoms with van der Waals surface area (Å²) in [5, 5.41) is 4.87. The molecule has 0 bridgehead atoms. The predicted molar refractivity (Wildman–Crippen MR) is 86.7 cm³/mol. The van der Waals surface area contributed by atoms with Crippen molar-refractivity contribution in [3.63, 3.8) is 0 Å². The summed E-state index contributed by atoms with van der Waals surface area (Å²) in [6.07, 6.45) is 5.27. The molecule has 6 heteroatoms. The third-order valence-electron chi connectivity index (χ3n) is 2.91. The highest BCUT2D eigenvalue weighted by atomic mass is 35.5. The van der Waals surface area contributed by atoms with Gasteiger partial charge in [0.05, 0.1) is 17.1 Å². The Labute approximate surface area is 137 Å². The van der Waals surface area contributed by atoms with E-state index in [4.69, 9.17) is 18.0 Å². The number of benzene rings is 2. The molecule has 4 nitrogen and oxygen atoms in total. The summed E-state index contributed by atoms with van der Waals surface area (Å²) in [6.45, 7) is -0.330. The third kappa shape index (κ3) is 4.31. The van der Waals surface area contributed by atoms with Crippen molar-refractivity contribution in [3.05, 3.63) is 64.4 Å². The maximum atomic E-state index is 13.6. The van der Waals surface area contributed by atoms with Crippen LogP contribution in [0.4, 0.5) is 10.1 Å². The highest BCUT2D eigenvalue weighted by Gasteiger charge is 2.16. The Hall–Kier alpha value is -2.84. The molecule has 116 valence electrons. The predicted octanol–water partition coefficient (Wildman–Crippen LogP) is 2.83. The first-order chi connectivity index (χ1) is 11.0. The number of hydrogen-bond donors (Lipinski definition) is 2. The van der Waals surface area contributed by atoms with Crippen LogP contribution in [0.3, 0.4) is 0 Å². The summed E-state index contributed by atoms with van der Waals surface area (Å²) in [5.74, 6) is 0.459.